The lowest BCUT2D eigenvalue weighted by molar-refractivity contribution is -0.384. The van der Waals surface area contributed by atoms with Gasteiger partial charge in [-0.25, -0.2) is 4.98 Å². The number of nitro groups is 1. The molecule has 0 spiro atoms. The van der Waals surface area contributed by atoms with Crippen LogP contribution in [0.4, 0.5) is 5.69 Å². The van der Waals surface area contributed by atoms with E-state index in [9.17, 15) is 10.1 Å². The molecule has 0 unspecified atom stereocenters. The second-order valence-corrected chi connectivity index (χ2v) is 6.10. The minimum Gasteiger partial charge on any atom is -0.438 e. The monoisotopic (exact) mass is 315 g/mol. The first-order valence-corrected chi connectivity index (χ1v) is 7.44. The zero-order chi connectivity index (χ0) is 15.9. The number of nitrogens with zero attached hydrogens (tertiary/aromatic N) is 3. The Morgan fingerprint density at radius 2 is 1.82 bits per heavy atom. The summed E-state index contributed by atoms with van der Waals surface area (Å²) >= 11 is 1.60. The quantitative estimate of drug-likeness (QED) is 0.531. The molecular formula is C15H13N3O3S. The number of fused-ring (bicyclic) bond motifs is 1. The van der Waals surface area contributed by atoms with E-state index in [0.29, 0.717) is 17.5 Å². The number of aromatic nitrogens is 2. The smallest absolute Gasteiger partial charge is 0.269 e. The molecule has 1 aromatic carbocycles. The first kappa shape index (κ1) is 14.4. The van der Waals surface area contributed by atoms with Gasteiger partial charge in [0.05, 0.1) is 10.3 Å². The number of rotatable bonds is 3. The first-order chi connectivity index (χ1) is 10.5. The van der Waals surface area contributed by atoms with E-state index in [1.165, 1.54) is 17.0 Å². The normalized spacial score (nSPS) is 10.9. The van der Waals surface area contributed by atoms with Crippen LogP contribution in [0.5, 0.6) is 11.6 Å². The van der Waals surface area contributed by atoms with E-state index in [0.717, 1.165) is 15.8 Å². The Labute approximate surface area is 130 Å². The SMILES string of the molecule is Cc1nc(Oc2ccc([N+](=O)[O-])cc2)c2c(C)c(C)sc2n1. The molecular weight excluding hydrogens is 302 g/mol. The fraction of sp³-hybridized carbons (Fsp3) is 0.200. The molecule has 112 valence electrons. The number of hydrogen-bond acceptors (Lipinski definition) is 6. The maximum absolute atomic E-state index is 10.7. The van der Waals surface area contributed by atoms with E-state index in [2.05, 4.69) is 9.97 Å². The van der Waals surface area contributed by atoms with Crippen molar-refractivity contribution in [2.75, 3.05) is 0 Å². The van der Waals surface area contributed by atoms with Crippen molar-refractivity contribution in [2.45, 2.75) is 20.8 Å². The predicted octanol–water partition coefficient (Wildman–Crippen LogP) is 4.32. The highest BCUT2D eigenvalue weighted by Gasteiger charge is 2.15. The average Bonchev–Trinajstić information content (AvgIpc) is 2.74. The molecule has 0 aliphatic heterocycles. The molecule has 0 radical (unpaired) electrons. The van der Waals surface area contributed by atoms with Gasteiger partial charge in [0.15, 0.2) is 0 Å². The van der Waals surface area contributed by atoms with Crippen LogP contribution in [0.15, 0.2) is 24.3 Å². The van der Waals surface area contributed by atoms with Crippen LogP contribution >= 0.6 is 11.3 Å². The molecule has 0 bridgehead atoms. The van der Waals surface area contributed by atoms with Crippen molar-refractivity contribution in [3.05, 3.63) is 50.6 Å². The Morgan fingerprint density at radius 3 is 2.45 bits per heavy atom. The van der Waals surface area contributed by atoms with E-state index in [1.54, 1.807) is 23.5 Å². The molecule has 0 amide bonds. The van der Waals surface area contributed by atoms with Gasteiger partial charge < -0.3 is 4.74 Å². The van der Waals surface area contributed by atoms with E-state index in [-0.39, 0.29) is 5.69 Å². The Morgan fingerprint density at radius 1 is 1.14 bits per heavy atom. The summed E-state index contributed by atoms with van der Waals surface area (Å²) in [5.41, 5.74) is 1.12. The summed E-state index contributed by atoms with van der Waals surface area (Å²) in [6.45, 7) is 5.86. The molecule has 6 nitrogen and oxygen atoms in total. The largest absolute Gasteiger partial charge is 0.438 e. The summed E-state index contributed by atoms with van der Waals surface area (Å²) in [5.74, 6) is 1.62. The molecule has 0 fully saturated rings. The predicted molar refractivity (Wildman–Crippen MR) is 84.8 cm³/mol. The number of aryl methyl sites for hydroxylation is 3. The Kier molecular flexibility index (Phi) is 3.50. The van der Waals surface area contributed by atoms with Gasteiger partial charge in [-0.05, 0) is 38.5 Å². The summed E-state index contributed by atoms with van der Waals surface area (Å²) in [6.07, 6.45) is 0. The van der Waals surface area contributed by atoms with Gasteiger partial charge >= 0.3 is 0 Å². The molecule has 3 aromatic rings. The van der Waals surface area contributed by atoms with Crippen molar-refractivity contribution in [1.29, 1.82) is 0 Å². The van der Waals surface area contributed by atoms with Crippen LogP contribution in [0.1, 0.15) is 16.3 Å². The van der Waals surface area contributed by atoms with Crippen molar-refractivity contribution < 1.29 is 9.66 Å². The van der Waals surface area contributed by atoms with E-state index in [1.807, 2.05) is 20.8 Å². The summed E-state index contributed by atoms with van der Waals surface area (Å²) in [7, 11) is 0. The molecule has 22 heavy (non-hydrogen) atoms. The lowest BCUT2D eigenvalue weighted by atomic mass is 10.2. The van der Waals surface area contributed by atoms with Gasteiger partial charge in [-0.15, -0.1) is 11.3 Å². The number of benzene rings is 1. The summed E-state index contributed by atoms with van der Waals surface area (Å²) in [5, 5.41) is 11.6. The lowest BCUT2D eigenvalue weighted by Gasteiger charge is -2.07. The van der Waals surface area contributed by atoms with Crippen molar-refractivity contribution in [3.8, 4) is 11.6 Å². The lowest BCUT2D eigenvalue weighted by Crippen LogP contribution is -1.95. The van der Waals surface area contributed by atoms with Crippen molar-refractivity contribution in [3.63, 3.8) is 0 Å². The van der Waals surface area contributed by atoms with E-state index in [4.69, 9.17) is 4.74 Å². The topological polar surface area (TPSA) is 78.2 Å². The number of non-ortho nitro benzene ring substituents is 1. The number of hydrogen-bond donors (Lipinski definition) is 0. The molecule has 0 saturated heterocycles. The van der Waals surface area contributed by atoms with Gasteiger partial charge in [-0.3, -0.25) is 10.1 Å². The van der Waals surface area contributed by atoms with Crippen molar-refractivity contribution in [2.24, 2.45) is 0 Å². The van der Waals surface area contributed by atoms with Gasteiger partial charge in [0.25, 0.3) is 5.69 Å². The standard InChI is InChI=1S/C15H13N3O3S/c1-8-9(2)22-15-13(8)14(16-10(3)17-15)21-12-6-4-11(5-7-12)18(19)20/h4-7H,1-3H3. The third-order valence-electron chi connectivity index (χ3n) is 3.37. The molecule has 0 aliphatic carbocycles. The molecule has 7 heteroatoms. The maximum Gasteiger partial charge on any atom is 0.269 e. The van der Waals surface area contributed by atoms with Crippen LogP contribution in [0.25, 0.3) is 10.2 Å². The molecule has 3 rings (SSSR count). The van der Waals surface area contributed by atoms with Crippen molar-refractivity contribution in [1.82, 2.24) is 9.97 Å². The fourth-order valence-electron chi connectivity index (χ4n) is 2.14. The van der Waals surface area contributed by atoms with Gasteiger partial charge in [-0.1, -0.05) is 0 Å². The highest BCUT2D eigenvalue weighted by atomic mass is 32.1. The van der Waals surface area contributed by atoms with Crippen LogP contribution in [0, 0.1) is 30.9 Å². The Hall–Kier alpha value is -2.54. The highest BCUT2D eigenvalue weighted by Crippen LogP contribution is 2.36. The van der Waals surface area contributed by atoms with Crippen LogP contribution in [-0.4, -0.2) is 14.9 Å². The summed E-state index contributed by atoms with van der Waals surface area (Å²) in [6, 6.07) is 5.95. The third kappa shape index (κ3) is 2.50. The Balaban J connectivity index is 2.04. The van der Waals surface area contributed by atoms with Crippen LogP contribution in [-0.2, 0) is 0 Å². The number of thiophene rings is 1. The summed E-state index contributed by atoms with van der Waals surface area (Å²) in [4.78, 5) is 21.1. The van der Waals surface area contributed by atoms with Gasteiger partial charge in [0.2, 0.25) is 5.88 Å². The second-order valence-electron chi connectivity index (χ2n) is 4.89. The van der Waals surface area contributed by atoms with Crippen LogP contribution < -0.4 is 4.74 Å². The zero-order valence-electron chi connectivity index (χ0n) is 12.3. The third-order valence-corrected chi connectivity index (χ3v) is 4.47. The summed E-state index contributed by atoms with van der Waals surface area (Å²) < 4.78 is 5.83. The van der Waals surface area contributed by atoms with E-state index >= 15 is 0 Å². The number of ether oxygens (including phenoxy) is 1. The fourth-order valence-corrected chi connectivity index (χ4v) is 3.20. The Bertz CT molecular complexity index is 872. The van der Waals surface area contributed by atoms with Gasteiger partial charge in [0.1, 0.15) is 16.4 Å². The number of nitro benzene ring substituents is 1. The van der Waals surface area contributed by atoms with E-state index < -0.39 is 4.92 Å². The maximum atomic E-state index is 10.7. The molecule has 0 atom stereocenters. The second kappa shape index (κ2) is 5.34. The van der Waals surface area contributed by atoms with Gasteiger partial charge in [-0.2, -0.15) is 4.98 Å². The van der Waals surface area contributed by atoms with Crippen LogP contribution in [0.2, 0.25) is 0 Å². The first-order valence-electron chi connectivity index (χ1n) is 6.62. The molecule has 0 saturated carbocycles. The highest BCUT2D eigenvalue weighted by molar-refractivity contribution is 7.18. The minimum absolute atomic E-state index is 0.0268. The molecule has 2 aromatic heterocycles. The average molecular weight is 315 g/mol. The van der Waals surface area contributed by atoms with Crippen molar-refractivity contribution >= 4 is 27.2 Å². The molecule has 2 heterocycles. The van der Waals surface area contributed by atoms with Crippen LogP contribution in [0.3, 0.4) is 0 Å². The molecule has 0 N–H and O–H groups in total. The van der Waals surface area contributed by atoms with Gasteiger partial charge in [0, 0.05) is 17.0 Å². The molecule has 0 aliphatic rings. The minimum atomic E-state index is -0.441. The zero-order valence-corrected chi connectivity index (χ0v) is 13.1.